The van der Waals surface area contributed by atoms with E-state index in [2.05, 4.69) is 4.98 Å². The number of aromatic nitrogens is 1. The van der Waals surface area contributed by atoms with Gasteiger partial charge in [0.1, 0.15) is 5.69 Å². The largest absolute Gasteiger partial charge is 0.478 e. The van der Waals surface area contributed by atoms with Crippen molar-refractivity contribution in [2.75, 3.05) is 6.54 Å². The van der Waals surface area contributed by atoms with Crippen LogP contribution in [0.3, 0.4) is 0 Å². The van der Waals surface area contributed by atoms with Crippen LogP contribution in [0.25, 0.3) is 10.9 Å². The van der Waals surface area contributed by atoms with Crippen LogP contribution in [-0.2, 0) is 6.42 Å². The van der Waals surface area contributed by atoms with Crippen molar-refractivity contribution >= 4 is 22.8 Å². The molecule has 5 heteroatoms. The Hall–Kier alpha value is -2.30. The predicted molar refractivity (Wildman–Crippen MR) is 75.1 cm³/mol. The number of carboxylic acids is 1. The number of nitrogens with zero attached hydrogens (tertiary/aromatic N) is 1. The molecular formula is C15H16N2O3. The van der Waals surface area contributed by atoms with Crippen LogP contribution >= 0.6 is 0 Å². The van der Waals surface area contributed by atoms with E-state index in [0.717, 1.165) is 5.56 Å². The number of carboxylic acid groups (broad SMARTS) is 1. The molecule has 0 aliphatic carbocycles. The molecule has 2 heterocycles. The van der Waals surface area contributed by atoms with Crippen LogP contribution in [0.1, 0.15) is 40.3 Å². The molecule has 1 aliphatic rings. The van der Waals surface area contributed by atoms with Crippen LogP contribution in [0.4, 0.5) is 0 Å². The average Bonchev–Trinajstić information content (AvgIpc) is 2.78. The fraction of sp³-hybridized carbons (Fsp3) is 0.333. The Morgan fingerprint density at radius 2 is 2.15 bits per heavy atom. The lowest BCUT2D eigenvalue weighted by molar-refractivity contribution is 0.0676. The average molecular weight is 272 g/mol. The van der Waals surface area contributed by atoms with Gasteiger partial charge in [-0.3, -0.25) is 4.79 Å². The first-order chi connectivity index (χ1) is 9.50. The monoisotopic (exact) mass is 272 g/mol. The second kappa shape index (κ2) is 4.37. The molecule has 1 aliphatic heterocycles. The van der Waals surface area contributed by atoms with E-state index in [-0.39, 0.29) is 17.5 Å². The van der Waals surface area contributed by atoms with E-state index >= 15 is 0 Å². The summed E-state index contributed by atoms with van der Waals surface area (Å²) in [6.07, 6.45) is 0.684. The summed E-state index contributed by atoms with van der Waals surface area (Å²) >= 11 is 0. The highest BCUT2D eigenvalue weighted by Gasteiger charge is 2.30. The third kappa shape index (κ3) is 1.70. The minimum atomic E-state index is -0.962. The van der Waals surface area contributed by atoms with Crippen LogP contribution in [0.15, 0.2) is 18.2 Å². The molecule has 0 saturated carbocycles. The van der Waals surface area contributed by atoms with E-state index in [4.69, 9.17) is 0 Å². The molecule has 0 unspecified atom stereocenters. The number of hydrogen-bond acceptors (Lipinski definition) is 2. The summed E-state index contributed by atoms with van der Waals surface area (Å²) in [6, 6.07) is 5.23. The fourth-order valence-electron chi connectivity index (χ4n) is 2.90. The van der Waals surface area contributed by atoms with E-state index in [9.17, 15) is 14.7 Å². The van der Waals surface area contributed by atoms with Gasteiger partial charge in [0.2, 0.25) is 0 Å². The molecule has 1 amide bonds. The van der Waals surface area contributed by atoms with Crippen molar-refractivity contribution in [2.45, 2.75) is 26.3 Å². The van der Waals surface area contributed by atoms with Gasteiger partial charge in [-0.25, -0.2) is 4.79 Å². The number of aromatic amines is 1. The normalized spacial score (nSPS) is 14.9. The molecule has 0 radical (unpaired) electrons. The van der Waals surface area contributed by atoms with E-state index in [1.165, 1.54) is 0 Å². The Kier molecular flexibility index (Phi) is 2.78. The number of nitrogens with one attached hydrogen (secondary N) is 1. The summed E-state index contributed by atoms with van der Waals surface area (Å²) in [5.74, 6) is -1.01. The third-order valence-corrected chi connectivity index (χ3v) is 3.86. The summed E-state index contributed by atoms with van der Waals surface area (Å²) in [4.78, 5) is 28.7. The first-order valence-electron chi connectivity index (χ1n) is 6.68. The topological polar surface area (TPSA) is 73.4 Å². The Bertz CT molecular complexity index is 715. The highest BCUT2D eigenvalue weighted by Crippen LogP contribution is 2.30. The number of amides is 1. The number of benzene rings is 1. The maximum atomic E-state index is 12.5. The molecule has 5 nitrogen and oxygen atoms in total. The zero-order valence-corrected chi connectivity index (χ0v) is 11.4. The van der Waals surface area contributed by atoms with Gasteiger partial charge in [-0.1, -0.05) is 6.07 Å². The Balaban J connectivity index is 2.23. The van der Waals surface area contributed by atoms with E-state index in [1.807, 2.05) is 19.9 Å². The quantitative estimate of drug-likeness (QED) is 0.880. The molecule has 0 fully saturated rings. The molecule has 104 valence electrons. The maximum Gasteiger partial charge on any atom is 0.336 e. The lowest BCUT2D eigenvalue weighted by Gasteiger charge is -2.30. The smallest absolute Gasteiger partial charge is 0.336 e. The van der Waals surface area contributed by atoms with Gasteiger partial charge in [0, 0.05) is 23.5 Å². The summed E-state index contributed by atoms with van der Waals surface area (Å²) in [7, 11) is 0. The zero-order valence-electron chi connectivity index (χ0n) is 11.4. The molecule has 0 spiro atoms. The van der Waals surface area contributed by atoms with Crippen LogP contribution < -0.4 is 0 Å². The molecule has 1 aromatic heterocycles. The lowest BCUT2D eigenvalue weighted by atomic mass is 9.98. The number of carbonyl (C=O) groups is 2. The third-order valence-electron chi connectivity index (χ3n) is 3.86. The van der Waals surface area contributed by atoms with Gasteiger partial charge in [0.25, 0.3) is 5.91 Å². The number of carbonyl (C=O) groups excluding carboxylic acids is 1. The number of H-pyrrole nitrogens is 1. The van der Waals surface area contributed by atoms with Gasteiger partial charge in [-0.05, 0) is 38.0 Å². The van der Waals surface area contributed by atoms with Crippen molar-refractivity contribution in [1.29, 1.82) is 0 Å². The summed E-state index contributed by atoms with van der Waals surface area (Å²) in [5.41, 5.74) is 2.34. The zero-order chi connectivity index (χ0) is 14.4. The first kappa shape index (κ1) is 12.7. The van der Waals surface area contributed by atoms with Gasteiger partial charge in [-0.2, -0.15) is 0 Å². The van der Waals surface area contributed by atoms with Crippen LogP contribution in [0.5, 0.6) is 0 Å². The van der Waals surface area contributed by atoms with Crippen molar-refractivity contribution in [3.8, 4) is 0 Å². The van der Waals surface area contributed by atoms with E-state index < -0.39 is 5.97 Å². The van der Waals surface area contributed by atoms with Gasteiger partial charge in [0.05, 0.1) is 5.56 Å². The Labute approximate surface area is 116 Å². The Morgan fingerprint density at radius 3 is 2.80 bits per heavy atom. The molecule has 2 aromatic rings. The number of fused-ring (bicyclic) bond motifs is 3. The van der Waals surface area contributed by atoms with E-state index in [1.54, 1.807) is 17.0 Å². The molecule has 0 bridgehead atoms. The Morgan fingerprint density at radius 1 is 1.40 bits per heavy atom. The predicted octanol–water partition coefficient (Wildman–Crippen LogP) is 2.27. The minimum Gasteiger partial charge on any atom is -0.478 e. The summed E-state index contributed by atoms with van der Waals surface area (Å²) < 4.78 is 0. The maximum absolute atomic E-state index is 12.5. The van der Waals surface area contributed by atoms with Crippen molar-refractivity contribution in [2.24, 2.45) is 0 Å². The molecule has 20 heavy (non-hydrogen) atoms. The lowest BCUT2D eigenvalue weighted by Crippen LogP contribution is -2.42. The van der Waals surface area contributed by atoms with Gasteiger partial charge < -0.3 is 15.0 Å². The molecule has 0 atom stereocenters. The van der Waals surface area contributed by atoms with Crippen molar-refractivity contribution in [3.63, 3.8) is 0 Å². The SMILES string of the molecule is CC(C)N1CCc2c([nH]c3cccc(C(=O)O)c23)C1=O. The highest BCUT2D eigenvalue weighted by molar-refractivity contribution is 6.09. The molecule has 2 N–H and O–H groups in total. The fourth-order valence-corrected chi connectivity index (χ4v) is 2.90. The number of rotatable bonds is 2. The second-order valence-electron chi connectivity index (χ2n) is 5.35. The second-order valence-corrected chi connectivity index (χ2v) is 5.35. The molecular weight excluding hydrogens is 256 g/mol. The summed E-state index contributed by atoms with van der Waals surface area (Å²) in [6.45, 7) is 4.59. The van der Waals surface area contributed by atoms with Crippen LogP contribution in [0, 0.1) is 0 Å². The number of hydrogen-bond donors (Lipinski definition) is 2. The number of aromatic carboxylic acids is 1. The summed E-state index contributed by atoms with van der Waals surface area (Å²) in [5, 5.41) is 9.97. The van der Waals surface area contributed by atoms with Crippen molar-refractivity contribution in [3.05, 3.63) is 35.0 Å². The highest BCUT2D eigenvalue weighted by atomic mass is 16.4. The van der Waals surface area contributed by atoms with Crippen molar-refractivity contribution in [1.82, 2.24) is 9.88 Å². The van der Waals surface area contributed by atoms with Crippen molar-refractivity contribution < 1.29 is 14.7 Å². The minimum absolute atomic E-state index is 0.0474. The molecule has 0 saturated heterocycles. The first-order valence-corrected chi connectivity index (χ1v) is 6.68. The van der Waals surface area contributed by atoms with E-state index in [0.29, 0.717) is 29.6 Å². The molecule has 1 aromatic carbocycles. The van der Waals surface area contributed by atoms with Gasteiger partial charge >= 0.3 is 5.97 Å². The van der Waals surface area contributed by atoms with Gasteiger partial charge in [-0.15, -0.1) is 0 Å². The molecule has 3 rings (SSSR count). The van der Waals surface area contributed by atoms with Crippen LogP contribution in [-0.4, -0.2) is 39.5 Å². The van der Waals surface area contributed by atoms with Crippen LogP contribution in [0.2, 0.25) is 0 Å². The van der Waals surface area contributed by atoms with Gasteiger partial charge in [0.15, 0.2) is 0 Å². The standard InChI is InChI=1S/C15H16N2O3/c1-8(2)17-7-6-9-12-10(15(19)20)4-3-5-11(12)16-13(9)14(17)18/h3-5,8,16H,6-7H2,1-2H3,(H,19,20).